The molecule has 3 N–H and O–H groups in total. The van der Waals surface area contributed by atoms with Crippen molar-refractivity contribution >= 4 is 45.7 Å². The maximum Gasteiger partial charge on any atom is 0.169 e. The van der Waals surface area contributed by atoms with Gasteiger partial charge in [0.15, 0.2) is 10.2 Å². The van der Waals surface area contributed by atoms with Crippen molar-refractivity contribution in [3.63, 3.8) is 0 Å². The van der Waals surface area contributed by atoms with Gasteiger partial charge in [0.1, 0.15) is 5.69 Å². The third kappa shape index (κ3) is 5.66. The molecule has 0 aliphatic carbocycles. The second-order valence-electron chi connectivity index (χ2n) is 3.46. The standard InChI is InChI=1S/C11H15ClN4S2/c1-2-3-6-18-11(17)16-15-10(13)9-7-8(12)4-5-14-9/h4-5,7H,2-3,6H2,1H3,(H2,13,15)(H,16,17). The van der Waals surface area contributed by atoms with Gasteiger partial charge in [-0.1, -0.05) is 48.9 Å². The molecule has 98 valence electrons. The van der Waals surface area contributed by atoms with Crippen molar-refractivity contribution in [2.75, 3.05) is 5.75 Å². The predicted octanol–water partition coefficient (Wildman–Crippen LogP) is 2.76. The van der Waals surface area contributed by atoms with Gasteiger partial charge in [0.05, 0.1) is 0 Å². The molecule has 1 heterocycles. The first-order chi connectivity index (χ1) is 8.63. The zero-order valence-electron chi connectivity index (χ0n) is 10.0. The lowest BCUT2D eigenvalue weighted by molar-refractivity contribution is 0.897. The van der Waals surface area contributed by atoms with E-state index in [9.17, 15) is 0 Å². The molecule has 0 radical (unpaired) electrons. The Morgan fingerprint density at radius 2 is 2.44 bits per heavy atom. The summed E-state index contributed by atoms with van der Waals surface area (Å²) in [6.45, 7) is 2.14. The van der Waals surface area contributed by atoms with E-state index in [0.717, 1.165) is 18.6 Å². The van der Waals surface area contributed by atoms with E-state index in [1.807, 2.05) is 0 Å². The molecule has 0 saturated heterocycles. The Hall–Kier alpha value is -0.850. The number of nitrogens with zero attached hydrogens (tertiary/aromatic N) is 2. The first-order valence-electron chi connectivity index (χ1n) is 5.51. The molecular weight excluding hydrogens is 288 g/mol. The molecule has 0 aliphatic heterocycles. The van der Waals surface area contributed by atoms with Gasteiger partial charge in [0, 0.05) is 17.0 Å². The summed E-state index contributed by atoms with van der Waals surface area (Å²) in [5, 5.41) is 4.54. The van der Waals surface area contributed by atoms with E-state index in [1.165, 1.54) is 0 Å². The Morgan fingerprint density at radius 1 is 1.67 bits per heavy atom. The van der Waals surface area contributed by atoms with Gasteiger partial charge in [-0.05, 0) is 18.6 Å². The molecule has 0 aromatic carbocycles. The van der Waals surface area contributed by atoms with E-state index >= 15 is 0 Å². The Labute approximate surface area is 121 Å². The number of halogens is 1. The van der Waals surface area contributed by atoms with E-state index in [-0.39, 0.29) is 5.84 Å². The second kappa shape index (κ2) is 8.29. The molecule has 4 nitrogen and oxygen atoms in total. The lowest BCUT2D eigenvalue weighted by Gasteiger charge is -2.04. The predicted molar refractivity (Wildman–Crippen MR) is 83.1 cm³/mol. The fourth-order valence-electron chi connectivity index (χ4n) is 1.05. The number of unbranched alkanes of at least 4 members (excludes halogenated alkanes) is 1. The highest BCUT2D eigenvalue weighted by atomic mass is 35.5. The SMILES string of the molecule is CCCCSC(=S)N/N=C(/N)c1cc(Cl)ccn1. The van der Waals surface area contributed by atoms with Gasteiger partial charge < -0.3 is 5.73 Å². The molecule has 0 saturated carbocycles. The van der Waals surface area contributed by atoms with Crippen LogP contribution in [-0.2, 0) is 0 Å². The normalized spacial score (nSPS) is 11.3. The number of pyridine rings is 1. The minimum absolute atomic E-state index is 0.260. The molecule has 0 bridgehead atoms. The van der Waals surface area contributed by atoms with Gasteiger partial charge in [0.2, 0.25) is 0 Å². The fourth-order valence-corrected chi connectivity index (χ4v) is 2.23. The van der Waals surface area contributed by atoms with E-state index < -0.39 is 0 Å². The molecule has 0 fully saturated rings. The monoisotopic (exact) mass is 302 g/mol. The summed E-state index contributed by atoms with van der Waals surface area (Å²) in [5.41, 5.74) is 9.02. The molecule has 0 amide bonds. The van der Waals surface area contributed by atoms with Crippen LogP contribution in [0.25, 0.3) is 0 Å². The Kier molecular flexibility index (Phi) is 7.00. The number of rotatable bonds is 5. The van der Waals surface area contributed by atoms with Crippen LogP contribution in [0.1, 0.15) is 25.5 Å². The lowest BCUT2D eigenvalue weighted by Crippen LogP contribution is -2.22. The van der Waals surface area contributed by atoms with Crippen molar-refractivity contribution in [3.8, 4) is 0 Å². The summed E-state index contributed by atoms with van der Waals surface area (Å²) in [6, 6.07) is 3.33. The van der Waals surface area contributed by atoms with Crippen LogP contribution in [0.2, 0.25) is 5.02 Å². The van der Waals surface area contributed by atoms with Crippen LogP contribution in [0.15, 0.2) is 23.4 Å². The highest BCUT2D eigenvalue weighted by molar-refractivity contribution is 8.22. The highest BCUT2D eigenvalue weighted by Crippen LogP contribution is 2.08. The maximum absolute atomic E-state index is 5.84. The summed E-state index contributed by atoms with van der Waals surface area (Å²) in [5.74, 6) is 1.24. The second-order valence-corrected chi connectivity index (χ2v) is 5.67. The van der Waals surface area contributed by atoms with Crippen LogP contribution in [0, 0.1) is 0 Å². The Balaban J connectivity index is 2.49. The summed E-state index contributed by atoms with van der Waals surface area (Å²) < 4.78 is 0.605. The average Bonchev–Trinajstić information content (AvgIpc) is 2.36. The third-order valence-electron chi connectivity index (χ3n) is 1.98. The molecule has 0 unspecified atom stereocenters. The van der Waals surface area contributed by atoms with Crippen molar-refractivity contribution in [1.82, 2.24) is 10.4 Å². The minimum Gasteiger partial charge on any atom is -0.380 e. The number of hydrogen-bond donors (Lipinski definition) is 2. The quantitative estimate of drug-likeness (QED) is 0.288. The molecule has 18 heavy (non-hydrogen) atoms. The van der Waals surface area contributed by atoms with E-state index in [0.29, 0.717) is 15.0 Å². The molecule has 1 aromatic rings. The summed E-state index contributed by atoms with van der Waals surface area (Å²) in [6.07, 6.45) is 3.85. The number of thioether (sulfide) groups is 1. The van der Waals surface area contributed by atoms with Gasteiger partial charge in [-0.3, -0.25) is 10.4 Å². The minimum atomic E-state index is 0.260. The average molecular weight is 303 g/mol. The number of amidine groups is 1. The van der Waals surface area contributed by atoms with Crippen LogP contribution in [-0.4, -0.2) is 20.9 Å². The largest absolute Gasteiger partial charge is 0.380 e. The number of thiocarbonyl (C=S) groups is 1. The summed E-state index contributed by atoms with van der Waals surface area (Å²) in [7, 11) is 0. The number of nitrogens with one attached hydrogen (secondary N) is 1. The van der Waals surface area contributed by atoms with Crippen LogP contribution in [0.4, 0.5) is 0 Å². The first kappa shape index (κ1) is 15.2. The molecule has 1 rings (SSSR count). The van der Waals surface area contributed by atoms with Crippen molar-refractivity contribution in [2.24, 2.45) is 10.8 Å². The number of hydrazone groups is 1. The van der Waals surface area contributed by atoms with Crippen LogP contribution in [0.5, 0.6) is 0 Å². The zero-order chi connectivity index (χ0) is 13.4. The fraction of sp³-hybridized carbons (Fsp3) is 0.364. The van der Waals surface area contributed by atoms with E-state index in [4.69, 9.17) is 29.6 Å². The van der Waals surface area contributed by atoms with Crippen molar-refractivity contribution in [2.45, 2.75) is 19.8 Å². The van der Waals surface area contributed by atoms with Crippen LogP contribution in [0.3, 0.4) is 0 Å². The smallest absolute Gasteiger partial charge is 0.169 e. The van der Waals surface area contributed by atoms with Crippen molar-refractivity contribution in [3.05, 3.63) is 29.0 Å². The van der Waals surface area contributed by atoms with Crippen LogP contribution >= 0.6 is 35.6 Å². The Bertz CT molecular complexity index is 437. The van der Waals surface area contributed by atoms with Gasteiger partial charge in [-0.25, -0.2) is 0 Å². The molecule has 7 heteroatoms. The van der Waals surface area contributed by atoms with Gasteiger partial charge in [-0.2, -0.15) is 5.10 Å². The van der Waals surface area contributed by atoms with Crippen LogP contribution < -0.4 is 11.2 Å². The van der Waals surface area contributed by atoms with Gasteiger partial charge >= 0.3 is 0 Å². The highest BCUT2D eigenvalue weighted by Gasteiger charge is 2.01. The number of aromatic nitrogens is 1. The maximum atomic E-state index is 5.84. The van der Waals surface area contributed by atoms with E-state index in [2.05, 4.69) is 22.4 Å². The molecular formula is C11H15ClN4S2. The number of hydrogen-bond acceptors (Lipinski definition) is 4. The molecule has 1 aromatic heterocycles. The summed E-state index contributed by atoms with van der Waals surface area (Å²) in [4.78, 5) is 4.06. The number of nitrogens with two attached hydrogens (primary N) is 1. The van der Waals surface area contributed by atoms with E-state index in [1.54, 1.807) is 30.1 Å². The van der Waals surface area contributed by atoms with Gasteiger partial charge in [0.25, 0.3) is 0 Å². The summed E-state index contributed by atoms with van der Waals surface area (Å²) >= 11 is 12.5. The molecule has 0 spiro atoms. The first-order valence-corrected chi connectivity index (χ1v) is 7.28. The topological polar surface area (TPSA) is 63.3 Å². The molecule has 0 atom stereocenters. The van der Waals surface area contributed by atoms with Crippen molar-refractivity contribution in [1.29, 1.82) is 0 Å². The Morgan fingerprint density at radius 3 is 3.11 bits per heavy atom. The van der Waals surface area contributed by atoms with Crippen molar-refractivity contribution < 1.29 is 0 Å². The molecule has 0 aliphatic rings. The third-order valence-corrected chi connectivity index (χ3v) is 3.51. The van der Waals surface area contributed by atoms with Gasteiger partial charge in [-0.15, -0.1) is 0 Å². The lowest BCUT2D eigenvalue weighted by atomic mass is 10.3. The zero-order valence-corrected chi connectivity index (χ0v) is 12.4.